The Kier molecular flexibility index (Phi) is 6.03. The first-order valence-corrected chi connectivity index (χ1v) is 8.98. The molecule has 2 aliphatic rings. The molecule has 0 N–H and O–H groups in total. The predicted molar refractivity (Wildman–Crippen MR) is 79.2 cm³/mol. The molecule has 0 radical (unpaired) electrons. The first-order valence-electron chi connectivity index (χ1n) is 7.58. The molecule has 1 saturated carbocycles. The molecular weight excluding hydrogens is 242 g/mol. The molecule has 0 aromatic heterocycles. The number of rotatable bonds is 5. The summed E-state index contributed by atoms with van der Waals surface area (Å²) < 4.78 is 0. The maximum absolute atomic E-state index is 12.1. The summed E-state index contributed by atoms with van der Waals surface area (Å²) >= 11 is 1.93. The summed E-state index contributed by atoms with van der Waals surface area (Å²) in [5.74, 6) is 2.18. The first-order chi connectivity index (χ1) is 8.83. The molecule has 0 bridgehead atoms. The van der Waals surface area contributed by atoms with E-state index in [1.54, 1.807) is 0 Å². The van der Waals surface area contributed by atoms with Crippen LogP contribution in [0.3, 0.4) is 0 Å². The summed E-state index contributed by atoms with van der Waals surface area (Å²) in [7, 11) is 0. The van der Waals surface area contributed by atoms with E-state index >= 15 is 0 Å². The second kappa shape index (κ2) is 7.54. The number of carbonyl (C=O) groups is 1. The van der Waals surface area contributed by atoms with Gasteiger partial charge in [0.05, 0.1) is 0 Å². The van der Waals surface area contributed by atoms with E-state index in [0.717, 1.165) is 19.3 Å². The Morgan fingerprint density at radius 1 is 1.22 bits per heavy atom. The third kappa shape index (κ3) is 3.74. The van der Waals surface area contributed by atoms with Crippen molar-refractivity contribution in [2.24, 2.45) is 5.92 Å². The SMILES string of the molecule is CSCCCN1CCCCC1C1CCCCC1=O. The third-order valence-corrected chi connectivity index (χ3v) is 5.22. The zero-order chi connectivity index (χ0) is 12.8. The van der Waals surface area contributed by atoms with E-state index in [2.05, 4.69) is 11.2 Å². The third-order valence-electron chi connectivity index (χ3n) is 4.52. The van der Waals surface area contributed by atoms with Gasteiger partial charge >= 0.3 is 0 Å². The second-order valence-electron chi connectivity index (χ2n) is 5.76. The Hall–Kier alpha value is -0.0200. The van der Waals surface area contributed by atoms with Crippen LogP contribution in [0.1, 0.15) is 51.4 Å². The molecule has 0 aromatic rings. The van der Waals surface area contributed by atoms with Crippen LogP contribution in [0.4, 0.5) is 0 Å². The maximum atomic E-state index is 12.1. The first kappa shape index (κ1) is 14.4. The van der Waals surface area contributed by atoms with Gasteiger partial charge in [0.15, 0.2) is 0 Å². The maximum Gasteiger partial charge on any atom is 0.137 e. The number of piperidine rings is 1. The molecule has 18 heavy (non-hydrogen) atoms. The van der Waals surface area contributed by atoms with Crippen molar-refractivity contribution in [2.45, 2.75) is 57.4 Å². The van der Waals surface area contributed by atoms with Crippen LogP contribution >= 0.6 is 11.8 Å². The average Bonchev–Trinajstić information content (AvgIpc) is 2.40. The summed E-state index contributed by atoms with van der Waals surface area (Å²) in [5.41, 5.74) is 0. The van der Waals surface area contributed by atoms with Crippen molar-refractivity contribution >= 4 is 17.5 Å². The molecule has 0 spiro atoms. The highest BCUT2D eigenvalue weighted by atomic mass is 32.2. The van der Waals surface area contributed by atoms with E-state index < -0.39 is 0 Å². The lowest BCUT2D eigenvalue weighted by Gasteiger charge is -2.41. The molecule has 0 amide bonds. The number of thioether (sulfide) groups is 1. The lowest BCUT2D eigenvalue weighted by molar-refractivity contribution is -0.127. The second-order valence-corrected chi connectivity index (χ2v) is 6.75. The Bertz CT molecular complexity index is 269. The monoisotopic (exact) mass is 269 g/mol. The van der Waals surface area contributed by atoms with Gasteiger partial charge in [0, 0.05) is 18.4 Å². The van der Waals surface area contributed by atoms with E-state index in [-0.39, 0.29) is 0 Å². The number of Topliss-reactive ketones (excluding diaryl/α,β-unsaturated/α-hetero) is 1. The Morgan fingerprint density at radius 2 is 2.06 bits per heavy atom. The van der Waals surface area contributed by atoms with Crippen LogP contribution in [0.2, 0.25) is 0 Å². The zero-order valence-corrected chi connectivity index (χ0v) is 12.5. The number of ketones is 1. The predicted octanol–water partition coefficient (Wildman–Crippen LogP) is 3.35. The van der Waals surface area contributed by atoms with Gasteiger partial charge < -0.3 is 0 Å². The van der Waals surface area contributed by atoms with Crippen LogP contribution in [0.15, 0.2) is 0 Å². The standard InChI is InChI=1S/C15H27NOS/c1-18-12-6-11-16-10-5-4-8-14(16)13-7-2-3-9-15(13)17/h13-14H,2-12H2,1H3. The fourth-order valence-corrected chi connectivity index (χ4v) is 4.00. The average molecular weight is 269 g/mol. The van der Waals surface area contributed by atoms with Crippen molar-refractivity contribution in [3.05, 3.63) is 0 Å². The molecule has 0 aromatic carbocycles. The molecule has 2 unspecified atom stereocenters. The molecule has 1 aliphatic carbocycles. The molecule has 2 atom stereocenters. The molecule has 1 saturated heterocycles. The minimum absolute atomic E-state index is 0.369. The smallest absolute Gasteiger partial charge is 0.137 e. The molecule has 1 aliphatic heterocycles. The van der Waals surface area contributed by atoms with Gasteiger partial charge in [-0.05, 0) is 57.2 Å². The lowest BCUT2D eigenvalue weighted by atomic mass is 9.79. The zero-order valence-electron chi connectivity index (χ0n) is 11.7. The molecule has 2 nitrogen and oxygen atoms in total. The van der Waals surface area contributed by atoms with Gasteiger partial charge in [-0.2, -0.15) is 11.8 Å². The fourth-order valence-electron chi connectivity index (χ4n) is 3.58. The van der Waals surface area contributed by atoms with Gasteiger partial charge in [-0.3, -0.25) is 9.69 Å². The summed E-state index contributed by atoms with van der Waals surface area (Å²) in [6.45, 7) is 2.43. The molecule has 104 valence electrons. The van der Waals surface area contributed by atoms with Crippen molar-refractivity contribution in [1.29, 1.82) is 0 Å². The summed E-state index contributed by atoms with van der Waals surface area (Å²) in [6.07, 6.45) is 11.8. The van der Waals surface area contributed by atoms with E-state index in [9.17, 15) is 4.79 Å². The van der Waals surface area contributed by atoms with Gasteiger partial charge in [0.1, 0.15) is 5.78 Å². The summed E-state index contributed by atoms with van der Waals surface area (Å²) in [5, 5.41) is 0. The highest BCUT2D eigenvalue weighted by molar-refractivity contribution is 7.98. The molecule has 2 fully saturated rings. The summed E-state index contributed by atoms with van der Waals surface area (Å²) in [4.78, 5) is 14.8. The van der Waals surface area contributed by atoms with Crippen molar-refractivity contribution < 1.29 is 4.79 Å². The highest BCUT2D eigenvalue weighted by Crippen LogP contribution is 2.31. The van der Waals surface area contributed by atoms with Crippen LogP contribution in [-0.4, -0.2) is 41.8 Å². The highest BCUT2D eigenvalue weighted by Gasteiger charge is 2.34. The van der Waals surface area contributed by atoms with Gasteiger partial charge in [0.2, 0.25) is 0 Å². The Morgan fingerprint density at radius 3 is 2.83 bits per heavy atom. The van der Waals surface area contributed by atoms with Crippen LogP contribution in [0.25, 0.3) is 0 Å². The van der Waals surface area contributed by atoms with Crippen LogP contribution in [-0.2, 0) is 4.79 Å². The lowest BCUT2D eigenvalue weighted by Crippen LogP contribution is -2.47. The number of likely N-dealkylation sites (tertiary alicyclic amines) is 1. The molecular formula is C15H27NOS. The van der Waals surface area contributed by atoms with Gasteiger partial charge in [-0.1, -0.05) is 12.8 Å². The van der Waals surface area contributed by atoms with Gasteiger partial charge in [-0.25, -0.2) is 0 Å². The summed E-state index contributed by atoms with van der Waals surface area (Å²) in [6, 6.07) is 0.577. The van der Waals surface area contributed by atoms with Crippen molar-refractivity contribution in [2.75, 3.05) is 25.1 Å². The van der Waals surface area contributed by atoms with Crippen LogP contribution in [0.5, 0.6) is 0 Å². The van der Waals surface area contributed by atoms with Crippen LogP contribution < -0.4 is 0 Å². The largest absolute Gasteiger partial charge is 0.300 e. The van der Waals surface area contributed by atoms with E-state index in [0.29, 0.717) is 17.7 Å². The number of hydrogen-bond donors (Lipinski definition) is 0. The molecule has 1 heterocycles. The topological polar surface area (TPSA) is 20.3 Å². The van der Waals surface area contributed by atoms with Gasteiger partial charge in [-0.15, -0.1) is 0 Å². The quantitative estimate of drug-likeness (QED) is 0.714. The normalized spacial score (nSPS) is 30.6. The fraction of sp³-hybridized carbons (Fsp3) is 0.933. The Labute approximate surface area is 116 Å². The van der Waals surface area contributed by atoms with Crippen molar-refractivity contribution in [3.8, 4) is 0 Å². The molecule has 3 heteroatoms. The molecule has 2 rings (SSSR count). The minimum atomic E-state index is 0.369. The number of carbonyl (C=O) groups excluding carboxylic acids is 1. The minimum Gasteiger partial charge on any atom is -0.300 e. The number of hydrogen-bond acceptors (Lipinski definition) is 3. The number of nitrogens with zero attached hydrogens (tertiary/aromatic N) is 1. The van der Waals surface area contributed by atoms with Crippen molar-refractivity contribution in [1.82, 2.24) is 4.90 Å². The van der Waals surface area contributed by atoms with Gasteiger partial charge in [0.25, 0.3) is 0 Å². The van der Waals surface area contributed by atoms with Crippen LogP contribution in [0, 0.1) is 5.92 Å². The van der Waals surface area contributed by atoms with E-state index in [4.69, 9.17) is 0 Å². The van der Waals surface area contributed by atoms with E-state index in [1.165, 1.54) is 50.9 Å². The van der Waals surface area contributed by atoms with Crippen molar-refractivity contribution in [3.63, 3.8) is 0 Å². The van der Waals surface area contributed by atoms with E-state index in [1.807, 2.05) is 11.8 Å². The Balaban J connectivity index is 1.91.